The molecule has 1 amide bonds. The molecule has 33 heavy (non-hydrogen) atoms. The molecule has 2 unspecified atom stereocenters. The first-order valence-electron chi connectivity index (χ1n) is 11.2. The number of carbonyl (C=O) groups excluding carboxylic acids is 1. The number of hydrogen-bond acceptors (Lipinski definition) is 5. The average molecular weight is 470 g/mol. The average Bonchev–Trinajstić information content (AvgIpc) is 3.46. The van der Waals surface area contributed by atoms with E-state index in [1.165, 1.54) is 11.9 Å². The van der Waals surface area contributed by atoms with Gasteiger partial charge in [-0.15, -0.1) is 0 Å². The molecule has 8 heteroatoms. The second kappa shape index (κ2) is 13.1. The highest BCUT2D eigenvalue weighted by Gasteiger charge is 2.29. The molecule has 0 bridgehead atoms. The first-order valence-corrected chi connectivity index (χ1v) is 12.4. The van der Waals surface area contributed by atoms with Gasteiger partial charge in [0.25, 0.3) is 8.53 Å². The lowest BCUT2D eigenvalue weighted by molar-refractivity contribution is 0.142. The van der Waals surface area contributed by atoms with E-state index in [-0.39, 0.29) is 12.5 Å². The Morgan fingerprint density at radius 2 is 2.12 bits per heavy atom. The Kier molecular flexibility index (Phi) is 9.88. The zero-order chi connectivity index (χ0) is 23.5. The van der Waals surface area contributed by atoms with Crippen LogP contribution in [0.3, 0.4) is 0 Å². The molecule has 0 aliphatic heterocycles. The van der Waals surface area contributed by atoms with Gasteiger partial charge in [-0.25, -0.2) is 9.78 Å². The van der Waals surface area contributed by atoms with E-state index in [1.54, 1.807) is 16.7 Å². The van der Waals surface area contributed by atoms with Crippen molar-refractivity contribution in [2.24, 2.45) is 0 Å². The Hall–Kier alpha value is -2.73. The summed E-state index contributed by atoms with van der Waals surface area (Å²) < 4.78 is 12.5. The molecule has 0 spiro atoms. The maximum absolute atomic E-state index is 12.2. The van der Waals surface area contributed by atoms with Crippen molar-refractivity contribution < 1.29 is 18.9 Å². The monoisotopic (exact) mass is 469 g/mol. The third-order valence-electron chi connectivity index (χ3n) is 5.48. The zero-order valence-electron chi connectivity index (χ0n) is 19.0. The molecule has 1 aliphatic carbocycles. The van der Waals surface area contributed by atoms with E-state index >= 15 is 0 Å². The molecule has 0 saturated heterocycles. The molecule has 1 aliphatic rings. The third-order valence-corrected chi connectivity index (χ3v) is 6.53. The van der Waals surface area contributed by atoms with Crippen LogP contribution in [0.15, 0.2) is 73.4 Å². The molecule has 1 aromatic carbocycles. The number of unbranched alkanes of at least 4 members (excludes halogenated alkanes) is 3. The van der Waals surface area contributed by atoms with Crippen molar-refractivity contribution in [3.8, 4) is 0 Å². The van der Waals surface area contributed by atoms with Gasteiger partial charge in [0.2, 0.25) is 0 Å². The fourth-order valence-electron chi connectivity index (χ4n) is 3.89. The van der Waals surface area contributed by atoms with Crippen molar-refractivity contribution in [3.05, 3.63) is 84.5 Å². The topological polar surface area (TPSA) is 85.6 Å². The van der Waals surface area contributed by atoms with Crippen LogP contribution in [0.1, 0.15) is 49.7 Å². The molecule has 0 saturated carbocycles. The van der Waals surface area contributed by atoms with Crippen LogP contribution in [0, 0.1) is 0 Å². The van der Waals surface area contributed by atoms with E-state index in [1.807, 2.05) is 31.2 Å². The van der Waals surface area contributed by atoms with Gasteiger partial charge in [0.15, 0.2) is 0 Å². The molecule has 2 aromatic rings. The lowest BCUT2D eigenvalue weighted by atomic mass is 9.97. The van der Waals surface area contributed by atoms with Gasteiger partial charge in [0.1, 0.15) is 12.9 Å². The van der Waals surface area contributed by atoms with E-state index in [0.29, 0.717) is 13.2 Å². The van der Waals surface area contributed by atoms with Gasteiger partial charge in [-0.05, 0) is 42.0 Å². The fraction of sp³-hybridized carbons (Fsp3) is 0.360. The first-order chi connectivity index (χ1) is 16.2. The van der Waals surface area contributed by atoms with Gasteiger partial charge >= 0.3 is 6.09 Å². The zero-order valence-corrected chi connectivity index (χ0v) is 19.9. The van der Waals surface area contributed by atoms with Crippen LogP contribution >= 0.6 is 8.53 Å². The van der Waals surface area contributed by atoms with Gasteiger partial charge in [-0.3, -0.25) is 4.34 Å². The van der Waals surface area contributed by atoms with Crippen LogP contribution in [0.5, 0.6) is 0 Å². The molecule has 176 valence electrons. The molecule has 0 radical (unpaired) electrons. The summed E-state index contributed by atoms with van der Waals surface area (Å²) in [7, 11) is -1.64. The Morgan fingerprint density at radius 1 is 1.30 bits per heavy atom. The summed E-state index contributed by atoms with van der Waals surface area (Å²) in [6.45, 7) is 7.31. The van der Waals surface area contributed by atoms with Crippen LogP contribution in [0.4, 0.5) is 4.79 Å². The number of nitrogens with zero attached hydrogens (tertiary/aromatic N) is 2. The Labute approximate surface area is 196 Å². The maximum atomic E-state index is 12.2. The number of aromatic nitrogens is 2. The number of benzene rings is 1. The summed E-state index contributed by atoms with van der Waals surface area (Å²) >= 11 is 0. The molecule has 7 nitrogen and oxygen atoms in total. The van der Waals surface area contributed by atoms with Crippen LogP contribution in [0.25, 0.3) is 5.57 Å². The number of amides is 1. The number of hydrogen-bond donors (Lipinski definition) is 2. The molecule has 0 fully saturated rings. The molecule has 1 aromatic heterocycles. The lowest BCUT2D eigenvalue weighted by Gasteiger charge is -2.15. The predicted molar refractivity (Wildman–Crippen MR) is 132 cm³/mol. The van der Waals surface area contributed by atoms with Gasteiger partial charge in [0, 0.05) is 24.9 Å². The van der Waals surface area contributed by atoms with Crippen molar-refractivity contribution in [1.82, 2.24) is 14.6 Å². The number of allylic oxidation sites excluding steroid dienone is 4. The number of rotatable bonds is 13. The minimum absolute atomic E-state index is 0.00465. The van der Waals surface area contributed by atoms with Crippen LogP contribution in [-0.4, -0.2) is 40.1 Å². The second-order valence-electron chi connectivity index (χ2n) is 7.68. The lowest BCUT2D eigenvalue weighted by Crippen LogP contribution is -2.27. The van der Waals surface area contributed by atoms with Gasteiger partial charge in [-0.1, -0.05) is 61.9 Å². The Bertz CT molecular complexity index is 972. The number of imidazole rings is 1. The first kappa shape index (κ1) is 24.9. The van der Waals surface area contributed by atoms with E-state index in [0.717, 1.165) is 42.4 Å². The van der Waals surface area contributed by atoms with Gasteiger partial charge in [-0.2, -0.15) is 0 Å². The SMILES string of the molecule is C=CC1=C(/C=C\C)c2ccccc2C1COC(=O)NCCCCCCOP(O)n1ccnc1. The summed E-state index contributed by atoms with van der Waals surface area (Å²) in [6, 6.07) is 8.21. The summed E-state index contributed by atoms with van der Waals surface area (Å²) in [5.74, 6) is -0.00465. The predicted octanol–water partition coefficient (Wildman–Crippen LogP) is 5.57. The fourth-order valence-corrected chi connectivity index (χ4v) is 4.64. The summed E-state index contributed by atoms with van der Waals surface area (Å²) in [4.78, 5) is 25.9. The van der Waals surface area contributed by atoms with Crippen molar-refractivity contribution >= 4 is 20.2 Å². The normalized spacial score (nSPS) is 16.1. The summed E-state index contributed by atoms with van der Waals surface area (Å²) in [6.07, 6.45) is 14.0. The van der Waals surface area contributed by atoms with Crippen molar-refractivity contribution in [2.45, 2.75) is 38.5 Å². The minimum atomic E-state index is -1.64. The molecule has 1 heterocycles. The summed E-state index contributed by atoms with van der Waals surface area (Å²) in [5.41, 5.74) is 4.56. The van der Waals surface area contributed by atoms with Crippen molar-refractivity contribution in [3.63, 3.8) is 0 Å². The van der Waals surface area contributed by atoms with E-state index in [4.69, 9.17) is 9.26 Å². The molecular weight excluding hydrogens is 437 g/mol. The van der Waals surface area contributed by atoms with E-state index in [9.17, 15) is 9.69 Å². The van der Waals surface area contributed by atoms with Crippen molar-refractivity contribution in [1.29, 1.82) is 0 Å². The van der Waals surface area contributed by atoms with Crippen LogP contribution < -0.4 is 5.32 Å². The van der Waals surface area contributed by atoms with Gasteiger partial charge < -0.3 is 19.5 Å². The maximum Gasteiger partial charge on any atom is 0.407 e. The number of fused-ring (bicyclic) bond motifs is 1. The Balaban J connectivity index is 1.32. The van der Waals surface area contributed by atoms with Crippen LogP contribution in [0.2, 0.25) is 0 Å². The van der Waals surface area contributed by atoms with Gasteiger partial charge in [0.05, 0.1) is 6.61 Å². The Morgan fingerprint density at radius 3 is 2.88 bits per heavy atom. The highest BCUT2D eigenvalue weighted by atomic mass is 31.2. The highest BCUT2D eigenvalue weighted by molar-refractivity contribution is 7.44. The standard InChI is InChI=1S/C25H32N3O4P/c1-3-11-21-20(4-2)24(23-13-8-7-12-22(21)23)18-31-25(29)27-14-9-5-6-10-17-32-33(30)28-16-15-26-19-28/h3-4,7-8,11-13,15-16,19,24,30H,2,5-6,9-10,14,17-18H2,1H3,(H,27,29)/b11-3-. The number of ether oxygens (including phenoxy) is 1. The number of carbonyl (C=O) groups is 1. The minimum Gasteiger partial charge on any atom is -0.449 e. The number of alkyl carbamates (subject to hydrolysis) is 1. The largest absolute Gasteiger partial charge is 0.449 e. The quantitative estimate of drug-likeness (QED) is 0.296. The number of nitrogens with one attached hydrogen (secondary N) is 1. The summed E-state index contributed by atoms with van der Waals surface area (Å²) in [5, 5.41) is 2.83. The highest BCUT2D eigenvalue weighted by Crippen LogP contribution is 2.43. The molecular formula is C25H32N3O4P. The van der Waals surface area contributed by atoms with Crippen molar-refractivity contribution in [2.75, 3.05) is 19.8 Å². The van der Waals surface area contributed by atoms with E-state index < -0.39 is 14.6 Å². The van der Waals surface area contributed by atoms with Crippen LogP contribution in [-0.2, 0) is 9.26 Å². The molecule has 2 N–H and O–H groups in total. The second-order valence-corrected chi connectivity index (χ2v) is 8.91. The molecule has 3 rings (SSSR count). The third kappa shape index (κ3) is 6.87. The van der Waals surface area contributed by atoms with E-state index in [2.05, 4.69) is 35.1 Å². The molecule has 2 atom stereocenters. The smallest absolute Gasteiger partial charge is 0.407 e.